The van der Waals surface area contributed by atoms with E-state index < -0.39 is 7.12 Å². The quantitative estimate of drug-likeness (QED) is 0.793. The van der Waals surface area contributed by atoms with Crippen molar-refractivity contribution in [2.45, 2.75) is 45.3 Å². The van der Waals surface area contributed by atoms with Crippen molar-refractivity contribution in [1.29, 1.82) is 0 Å². The highest BCUT2D eigenvalue weighted by molar-refractivity contribution is 6.59. The van der Waals surface area contributed by atoms with E-state index in [-0.39, 0.29) is 0 Å². The molecule has 98 valence electrons. The molecule has 1 aromatic carbocycles. The molecule has 0 radical (unpaired) electrons. The van der Waals surface area contributed by atoms with E-state index in [4.69, 9.17) is 4.74 Å². The Morgan fingerprint density at radius 1 is 1.22 bits per heavy atom. The zero-order valence-corrected chi connectivity index (χ0v) is 10.9. The Labute approximate surface area is 109 Å². The molecule has 0 aliphatic heterocycles. The third-order valence-corrected chi connectivity index (χ3v) is 3.82. The Hall–Kier alpha value is -0.835. The normalized spacial score (nSPS) is 23.9. The van der Waals surface area contributed by atoms with Crippen LogP contribution in [-0.2, 0) is 11.3 Å². The summed E-state index contributed by atoms with van der Waals surface area (Å²) in [7, 11) is -1.42. The molecule has 4 heteroatoms. The highest BCUT2D eigenvalue weighted by atomic mass is 16.5. The van der Waals surface area contributed by atoms with Crippen LogP contribution in [0.15, 0.2) is 24.3 Å². The zero-order valence-electron chi connectivity index (χ0n) is 10.9. The van der Waals surface area contributed by atoms with Gasteiger partial charge in [0.1, 0.15) is 0 Å². The molecule has 0 bridgehead atoms. The zero-order chi connectivity index (χ0) is 13.0. The maximum Gasteiger partial charge on any atom is 0.488 e. The molecule has 3 nitrogen and oxygen atoms in total. The van der Waals surface area contributed by atoms with Crippen LogP contribution in [0.3, 0.4) is 0 Å². The molecule has 0 aromatic heterocycles. The van der Waals surface area contributed by atoms with E-state index >= 15 is 0 Å². The lowest BCUT2D eigenvalue weighted by Gasteiger charge is -2.29. The number of benzene rings is 1. The summed E-state index contributed by atoms with van der Waals surface area (Å²) < 4.78 is 5.95. The fraction of sp³-hybridized carbons (Fsp3) is 0.571. The van der Waals surface area contributed by atoms with Gasteiger partial charge in [0.25, 0.3) is 0 Å². The van der Waals surface area contributed by atoms with Crippen LogP contribution in [0.2, 0.25) is 0 Å². The summed E-state index contributed by atoms with van der Waals surface area (Å²) in [5, 5.41) is 18.6. The molecule has 2 atom stereocenters. The summed E-state index contributed by atoms with van der Waals surface area (Å²) in [4.78, 5) is 0. The largest absolute Gasteiger partial charge is 0.488 e. The third-order valence-electron chi connectivity index (χ3n) is 3.82. The van der Waals surface area contributed by atoms with Crippen LogP contribution in [0.4, 0.5) is 0 Å². The highest BCUT2D eigenvalue weighted by Gasteiger charge is 2.23. The minimum atomic E-state index is -1.42. The average Bonchev–Trinajstić information content (AvgIpc) is 2.38. The number of hydrogen-bond acceptors (Lipinski definition) is 3. The van der Waals surface area contributed by atoms with E-state index in [1.54, 1.807) is 6.07 Å². The summed E-state index contributed by atoms with van der Waals surface area (Å²) in [6, 6.07) is 7.33. The lowest BCUT2D eigenvalue weighted by molar-refractivity contribution is -0.0152. The molecule has 0 saturated heterocycles. The molecule has 1 fully saturated rings. The summed E-state index contributed by atoms with van der Waals surface area (Å²) in [6.45, 7) is 2.69. The van der Waals surface area contributed by atoms with E-state index in [9.17, 15) is 10.0 Å². The topological polar surface area (TPSA) is 49.7 Å². The van der Waals surface area contributed by atoms with Crippen LogP contribution in [0, 0.1) is 5.92 Å². The van der Waals surface area contributed by atoms with Gasteiger partial charge in [-0.15, -0.1) is 0 Å². The van der Waals surface area contributed by atoms with Crippen molar-refractivity contribution in [3.05, 3.63) is 29.8 Å². The Morgan fingerprint density at radius 2 is 1.94 bits per heavy atom. The minimum absolute atomic E-state index is 0.308. The van der Waals surface area contributed by atoms with Crippen LogP contribution < -0.4 is 5.46 Å². The van der Waals surface area contributed by atoms with Crippen LogP contribution >= 0.6 is 0 Å². The first-order valence-electron chi connectivity index (χ1n) is 6.74. The molecule has 2 rings (SSSR count). The van der Waals surface area contributed by atoms with Gasteiger partial charge < -0.3 is 14.8 Å². The molecule has 1 saturated carbocycles. The average molecular weight is 248 g/mol. The van der Waals surface area contributed by atoms with E-state index in [2.05, 4.69) is 6.92 Å². The maximum atomic E-state index is 9.29. The Kier molecular flexibility index (Phi) is 4.81. The Bertz CT molecular complexity index is 381. The maximum absolute atomic E-state index is 9.29. The van der Waals surface area contributed by atoms with Gasteiger partial charge in [0.2, 0.25) is 0 Å². The monoisotopic (exact) mass is 248 g/mol. The lowest BCUT2D eigenvalue weighted by atomic mass is 9.77. The summed E-state index contributed by atoms with van der Waals surface area (Å²) in [5.74, 6) is 0.602. The summed E-state index contributed by atoms with van der Waals surface area (Å²) >= 11 is 0. The van der Waals surface area contributed by atoms with E-state index in [1.807, 2.05) is 18.2 Å². The Morgan fingerprint density at radius 3 is 2.67 bits per heavy atom. The molecule has 1 aliphatic carbocycles. The molecule has 0 spiro atoms. The third kappa shape index (κ3) is 3.34. The second kappa shape index (κ2) is 6.37. The summed E-state index contributed by atoms with van der Waals surface area (Å²) in [5.41, 5.74) is 1.41. The second-order valence-corrected chi connectivity index (χ2v) is 5.18. The Balaban J connectivity index is 1.97. The second-order valence-electron chi connectivity index (χ2n) is 5.18. The first-order chi connectivity index (χ1) is 8.68. The smallest absolute Gasteiger partial charge is 0.423 e. The van der Waals surface area contributed by atoms with Crippen LogP contribution in [-0.4, -0.2) is 23.3 Å². The van der Waals surface area contributed by atoms with Crippen LogP contribution in [0.1, 0.15) is 38.2 Å². The highest BCUT2D eigenvalue weighted by Crippen LogP contribution is 2.26. The van der Waals surface area contributed by atoms with Gasteiger partial charge in [0, 0.05) is 0 Å². The molecule has 1 aromatic rings. The predicted molar refractivity (Wildman–Crippen MR) is 72.5 cm³/mol. The lowest BCUT2D eigenvalue weighted by Crippen LogP contribution is -2.34. The van der Waals surface area contributed by atoms with Crippen molar-refractivity contribution in [3.8, 4) is 0 Å². The number of ether oxygens (including phenoxy) is 1. The summed E-state index contributed by atoms with van der Waals surface area (Å²) in [6.07, 6.45) is 5.19. The van der Waals surface area contributed by atoms with Crippen molar-refractivity contribution in [1.82, 2.24) is 0 Å². The van der Waals surface area contributed by atoms with Gasteiger partial charge >= 0.3 is 7.12 Å². The van der Waals surface area contributed by atoms with Crippen LogP contribution in [0.5, 0.6) is 0 Å². The fourth-order valence-corrected chi connectivity index (χ4v) is 2.64. The van der Waals surface area contributed by atoms with Crippen molar-refractivity contribution in [2.24, 2.45) is 5.92 Å². The molecule has 2 N–H and O–H groups in total. The molecule has 0 heterocycles. The van der Waals surface area contributed by atoms with Gasteiger partial charge in [-0.25, -0.2) is 0 Å². The van der Waals surface area contributed by atoms with E-state index in [0.29, 0.717) is 24.1 Å². The van der Waals surface area contributed by atoms with Gasteiger partial charge in [0.05, 0.1) is 12.7 Å². The first kappa shape index (κ1) is 13.6. The standard InChI is InChI=1S/C14H21BO3/c1-11-6-2-5-9-14(11)18-10-12-7-3-4-8-13(12)15(16)17/h3-4,7-8,11,14,16-17H,2,5-6,9-10H2,1H3. The fourth-order valence-electron chi connectivity index (χ4n) is 2.64. The number of rotatable bonds is 4. The van der Waals surface area contributed by atoms with E-state index in [1.165, 1.54) is 19.3 Å². The van der Waals surface area contributed by atoms with Crippen molar-refractivity contribution < 1.29 is 14.8 Å². The van der Waals surface area contributed by atoms with Crippen LogP contribution in [0.25, 0.3) is 0 Å². The van der Waals surface area contributed by atoms with Crippen molar-refractivity contribution in [3.63, 3.8) is 0 Å². The number of hydrogen-bond donors (Lipinski definition) is 2. The molecule has 1 aliphatic rings. The molecule has 0 amide bonds. The molecular formula is C14H21BO3. The molecule has 2 unspecified atom stereocenters. The van der Waals surface area contributed by atoms with Gasteiger partial charge in [-0.2, -0.15) is 0 Å². The molecule has 18 heavy (non-hydrogen) atoms. The first-order valence-corrected chi connectivity index (χ1v) is 6.74. The van der Waals surface area contributed by atoms with Crippen molar-refractivity contribution >= 4 is 12.6 Å². The van der Waals surface area contributed by atoms with Crippen molar-refractivity contribution in [2.75, 3.05) is 0 Å². The van der Waals surface area contributed by atoms with E-state index in [0.717, 1.165) is 12.0 Å². The minimum Gasteiger partial charge on any atom is -0.423 e. The van der Waals surface area contributed by atoms with Gasteiger partial charge in [0.15, 0.2) is 0 Å². The predicted octanol–water partition coefficient (Wildman–Crippen LogP) is 1.46. The van der Waals surface area contributed by atoms with Gasteiger partial charge in [-0.05, 0) is 29.8 Å². The SMILES string of the molecule is CC1CCCCC1OCc1ccccc1B(O)O. The van der Waals surface area contributed by atoms with Gasteiger partial charge in [-0.1, -0.05) is 44.0 Å². The molecular weight excluding hydrogens is 227 g/mol. The van der Waals surface area contributed by atoms with Gasteiger partial charge in [-0.3, -0.25) is 0 Å².